The van der Waals surface area contributed by atoms with Crippen molar-refractivity contribution in [3.05, 3.63) is 54.4 Å². The van der Waals surface area contributed by atoms with Crippen LogP contribution in [0.5, 0.6) is 5.75 Å². The van der Waals surface area contributed by atoms with Crippen molar-refractivity contribution in [3.63, 3.8) is 0 Å². The summed E-state index contributed by atoms with van der Waals surface area (Å²) in [7, 11) is 1.97. The zero-order chi connectivity index (χ0) is 18.8. The average molecular weight is 360 g/mol. The Bertz CT molecular complexity index is 998. The molecule has 1 aliphatic heterocycles. The molecule has 0 amide bonds. The minimum Gasteiger partial charge on any atom is -0.507 e. The largest absolute Gasteiger partial charge is 0.507 e. The summed E-state index contributed by atoms with van der Waals surface area (Å²) in [5.41, 5.74) is 2.93. The number of hydrogen-bond donors (Lipinski definition) is 1. The van der Waals surface area contributed by atoms with E-state index < -0.39 is 0 Å². The van der Waals surface area contributed by atoms with Crippen LogP contribution in [0.1, 0.15) is 30.1 Å². The molecule has 0 aliphatic carbocycles. The molecule has 1 aliphatic rings. The zero-order valence-corrected chi connectivity index (χ0v) is 15.1. The molecular formula is C20H20N6O. The van der Waals surface area contributed by atoms with E-state index in [4.69, 9.17) is 0 Å². The molecule has 7 nitrogen and oxygen atoms in total. The monoisotopic (exact) mass is 360 g/mol. The van der Waals surface area contributed by atoms with Crippen LogP contribution in [-0.2, 0) is 7.05 Å². The predicted octanol–water partition coefficient (Wildman–Crippen LogP) is 2.84. The molecule has 0 saturated carbocycles. The molecule has 4 rings (SSSR count). The van der Waals surface area contributed by atoms with E-state index >= 15 is 0 Å². The average Bonchev–Trinajstić information content (AvgIpc) is 3.14. The van der Waals surface area contributed by atoms with Crippen LogP contribution < -0.4 is 4.90 Å². The van der Waals surface area contributed by atoms with Gasteiger partial charge in [0.2, 0.25) is 0 Å². The molecular weight excluding hydrogens is 340 g/mol. The van der Waals surface area contributed by atoms with E-state index in [9.17, 15) is 10.4 Å². The number of benzene rings is 1. The summed E-state index contributed by atoms with van der Waals surface area (Å²) in [6.07, 6.45) is 6.80. The molecule has 1 aromatic carbocycles. The van der Waals surface area contributed by atoms with Crippen LogP contribution in [0.2, 0.25) is 0 Å². The molecule has 0 spiro atoms. The van der Waals surface area contributed by atoms with Gasteiger partial charge in [-0.1, -0.05) is 12.1 Å². The number of para-hydroxylation sites is 1. The predicted molar refractivity (Wildman–Crippen MR) is 101 cm³/mol. The number of nitrogens with zero attached hydrogens (tertiary/aromatic N) is 6. The van der Waals surface area contributed by atoms with Gasteiger partial charge < -0.3 is 14.6 Å². The van der Waals surface area contributed by atoms with Gasteiger partial charge in [-0.05, 0) is 25.0 Å². The van der Waals surface area contributed by atoms with Gasteiger partial charge >= 0.3 is 0 Å². The lowest BCUT2D eigenvalue weighted by molar-refractivity contribution is 0.473. The molecule has 1 saturated heterocycles. The molecule has 1 fully saturated rings. The lowest BCUT2D eigenvalue weighted by Gasteiger charge is -2.35. The Morgan fingerprint density at radius 3 is 2.67 bits per heavy atom. The number of pyridine rings is 1. The van der Waals surface area contributed by atoms with Crippen molar-refractivity contribution in [3.8, 4) is 22.9 Å². The van der Waals surface area contributed by atoms with Gasteiger partial charge in [-0.15, -0.1) is 10.2 Å². The van der Waals surface area contributed by atoms with Crippen molar-refractivity contribution in [2.45, 2.75) is 18.8 Å². The first-order valence-corrected chi connectivity index (χ1v) is 8.94. The van der Waals surface area contributed by atoms with Crippen molar-refractivity contribution < 1.29 is 5.11 Å². The third-order valence-electron chi connectivity index (χ3n) is 5.17. The van der Waals surface area contributed by atoms with E-state index in [2.05, 4.69) is 26.2 Å². The van der Waals surface area contributed by atoms with Crippen LogP contribution in [0.3, 0.4) is 0 Å². The standard InChI is InChI=1S/C20H20N6O/c1-25-13-23-24-20(25)14-6-9-26(10-7-14)19-15(11-21)3-2-4-16(19)17-12-22-8-5-18(17)27/h2-5,8,12-14H,6-7,9-10H2,1H3,(H,22,27). The minimum atomic E-state index is 0.162. The normalized spacial score (nSPS) is 14.9. The third kappa shape index (κ3) is 3.10. The molecule has 0 atom stereocenters. The fourth-order valence-corrected chi connectivity index (χ4v) is 3.81. The highest BCUT2D eigenvalue weighted by molar-refractivity contribution is 5.85. The molecule has 1 N–H and O–H groups in total. The Hall–Kier alpha value is -3.40. The summed E-state index contributed by atoms with van der Waals surface area (Å²) in [5, 5.41) is 28.2. The lowest BCUT2D eigenvalue weighted by atomic mass is 9.93. The Morgan fingerprint density at radius 2 is 2.00 bits per heavy atom. The van der Waals surface area contributed by atoms with Crippen molar-refractivity contribution in [2.24, 2.45) is 7.05 Å². The molecule has 27 heavy (non-hydrogen) atoms. The lowest BCUT2D eigenvalue weighted by Crippen LogP contribution is -2.34. The molecule has 0 radical (unpaired) electrons. The first-order valence-electron chi connectivity index (χ1n) is 8.94. The van der Waals surface area contributed by atoms with Crippen molar-refractivity contribution in [1.82, 2.24) is 19.7 Å². The van der Waals surface area contributed by atoms with Gasteiger partial charge in [0.05, 0.1) is 11.3 Å². The third-order valence-corrected chi connectivity index (χ3v) is 5.17. The minimum absolute atomic E-state index is 0.162. The molecule has 0 bridgehead atoms. The maximum Gasteiger partial charge on any atom is 0.135 e. The molecule has 3 aromatic rings. The van der Waals surface area contributed by atoms with Gasteiger partial charge in [0.15, 0.2) is 0 Å². The van der Waals surface area contributed by atoms with Gasteiger partial charge in [-0.3, -0.25) is 4.98 Å². The van der Waals surface area contributed by atoms with Crippen molar-refractivity contribution in [2.75, 3.05) is 18.0 Å². The highest BCUT2D eigenvalue weighted by Gasteiger charge is 2.27. The number of aromatic hydroxyl groups is 1. The molecule has 3 heterocycles. The second-order valence-electron chi connectivity index (χ2n) is 6.77. The second-order valence-corrected chi connectivity index (χ2v) is 6.77. The molecule has 2 aromatic heterocycles. The van der Waals surface area contributed by atoms with E-state index in [1.807, 2.05) is 29.8 Å². The maximum absolute atomic E-state index is 10.3. The fourth-order valence-electron chi connectivity index (χ4n) is 3.81. The first kappa shape index (κ1) is 17.0. The van der Waals surface area contributed by atoms with Gasteiger partial charge in [-0.2, -0.15) is 5.26 Å². The van der Waals surface area contributed by atoms with E-state index in [0.717, 1.165) is 43.0 Å². The summed E-state index contributed by atoms with van der Waals surface area (Å²) in [5.74, 6) is 1.53. The maximum atomic E-state index is 10.3. The van der Waals surface area contributed by atoms with Crippen LogP contribution in [-0.4, -0.2) is 37.9 Å². The number of anilines is 1. The van der Waals surface area contributed by atoms with Crippen LogP contribution in [0.15, 0.2) is 43.0 Å². The van der Waals surface area contributed by atoms with Crippen molar-refractivity contribution >= 4 is 5.69 Å². The topological polar surface area (TPSA) is 90.9 Å². The number of nitriles is 1. The second kappa shape index (κ2) is 7.08. The van der Waals surface area contributed by atoms with Crippen LogP contribution in [0.4, 0.5) is 5.69 Å². The zero-order valence-electron chi connectivity index (χ0n) is 15.1. The number of piperidine rings is 1. The SMILES string of the molecule is Cn1cnnc1C1CCN(c2c(C#N)cccc2-c2cnccc2O)CC1. The summed E-state index contributed by atoms with van der Waals surface area (Å²) in [6, 6.07) is 9.46. The Morgan fingerprint density at radius 1 is 1.19 bits per heavy atom. The van der Waals surface area contributed by atoms with Gasteiger partial charge in [0.25, 0.3) is 0 Å². The Labute approximate surface area is 157 Å². The smallest absolute Gasteiger partial charge is 0.135 e. The highest BCUT2D eigenvalue weighted by atomic mass is 16.3. The Balaban J connectivity index is 1.67. The van der Waals surface area contributed by atoms with E-state index in [1.54, 1.807) is 24.8 Å². The van der Waals surface area contributed by atoms with Crippen LogP contribution in [0.25, 0.3) is 11.1 Å². The fraction of sp³-hybridized carbons (Fsp3) is 0.300. The highest BCUT2D eigenvalue weighted by Crippen LogP contribution is 2.40. The number of aromatic nitrogens is 4. The first-order chi connectivity index (χ1) is 13.2. The molecule has 7 heteroatoms. The quantitative estimate of drug-likeness (QED) is 0.772. The number of aryl methyl sites for hydroxylation is 1. The van der Waals surface area contributed by atoms with Gasteiger partial charge in [0.1, 0.15) is 24.0 Å². The van der Waals surface area contributed by atoms with E-state index in [0.29, 0.717) is 17.0 Å². The van der Waals surface area contributed by atoms with Crippen LogP contribution in [0, 0.1) is 11.3 Å². The van der Waals surface area contributed by atoms with Gasteiger partial charge in [-0.25, -0.2) is 0 Å². The van der Waals surface area contributed by atoms with Gasteiger partial charge in [0, 0.05) is 49.6 Å². The molecule has 136 valence electrons. The van der Waals surface area contributed by atoms with Crippen molar-refractivity contribution in [1.29, 1.82) is 5.26 Å². The summed E-state index contributed by atoms with van der Waals surface area (Å²) >= 11 is 0. The van der Waals surface area contributed by atoms with Crippen LogP contribution >= 0.6 is 0 Å². The Kier molecular flexibility index (Phi) is 4.47. The number of hydrogen-bond acceptors (Lipinski definition) is 6. The molecule has 0 unspecified atom stereocenters. The summed E-state index contributed by atoms with van der Waals surface area (Å²) in [4.78, 5) is 6.37. The van der Waals surface area contributed by atoms with E-state index in [1.165, 1.54) is 0 Å². The summed E-state index contributed by atoms with van der Waals surface area (Å²) in [6.45, 7) is 1.62. The number of rotatable bonds is 3. The summed E-state index contributed by atoms with van der Waals surface area (Å²) < 4.78 is 1.97. The van der Waals surface area contributed by atoms with E-state index in [-0.39, 0.29) is 5.75 Å².